The van der Waals surface area contributed by atoms with E-state index in [-0.39, 0.29) is 0 Å². The molecule has 0 saturated heterocycles. The first-order chi connectivity index (χ1) is 26.2. The van der Waals surface area contributed by atoms with Crippen LogP contribution in [0.2, 0.25) is 0 Å². The Hall–Kier alpha value is -7.17. The summed E-state index contributed by atoms with van der Waals surface area (Å²) in [6.45, 7) is 0. The number of fused-ring (bicyclic) bond motifs is 4. The number of furan rings is 1. The molecular weight excluding hydrogens is 647 g/mol. The minimum absolute atomic E-state index is 0.587. The van der Waals surface area contributed by atoms with Gasteiger partial charge in [-0.1, -0.05) is 170 Å². The number of nitrogens with zero attached hydrogens (tertiary/aromatic N) is 3. The van der Waals surface area contributed by atoms with Crippen LogP contribution < -0.4 is 0 Å². The molecular formula is C49H31N3O. The highest BCUT2D eigenvalue weighted by molar-refractivity contribution is 6.10. The molecule has 0 unspecified atom stereocenters. The lowest BCUT2D eigenvalue weighted by Gasteiger charge is -2.10. The summed E-state index contributed by atoms with van der Waals surface area (Å²) in [5.41, 5.74) is 11.2. The highest BCUT2D eigenvalue weighted by Gasteiger charge is 2.17. The average molecular weight is 678 g/mol. The molecule has 8 aromatic carbocycles. The number of benzene rings is 8. The molecule has 0 spiro atoms. The third-order valence-corrected chi connectivity index (χ3v) is 9.95. The molecule has 0 aliphatic rings. The van der Waals surface area contributed by atoms with E-state index >= 15 is 0 Å². The Morgan fingerprint density at radius 3 is 1.45 bits per heavy atom. The second kappa shape index (κ2) is 12.9. The van der Waals surface area contributed by atoms with Crippen molar-refractivity contribution >= 4 is 32.7 Å². The van der Waals surface area contributed by atoms with Crippen molar-refractivity contribution in [3.63, 3.8) is 0 Å². The van der Waals surface area contributed by atoms with Gasteiger partial charge in [-0.2, -0.15) is 0 Å². The minimum Gasteiger partial charge on any atom is -0.455 e. The molecule has 4 nitrogen and oxygen atoms in total. The number of para-hydroxylation sites is 1. The van der Waals surface area contributed by atoms with Crippen LogP contribution in [0, 0.1) is 0 Å². The fraction of sp³-hybridized carbons (Fsp3) is 0. The Morgan fingerprint density at radius 2 is 0.792 bits per heavy atom. The van der Waals surface area contributed by atoms with Crippen molar-refractivity contribution in [1.29, 1.82) is 0 Å². The van der Waals surface area contributed by atoms with Crippen molar-refractivity contribution in [1.82, 2.24) is 15.0 Å². The summed E-state index contributed by atoms with van der Waals surface area (Å²) in [6, 6.07) is 65.2. The largest absolute Gasteiger partial charge is 0.455 e. The fourth-order valence-electron chi connectivity index (χ4n) is 7.17. The molecule has 10 aromatic rings. The maximum Gasteiger partial charge on any atom is 0.164 e. The van der Waals surface area contributed by atoms with Crippen LogP contribution in [0.25, 0.3) is 100 Å². The molecule has 2 aromatic heterocycles. The van der Waals surface area contributed by atoms with Crippen molar-refractivity contribution in [2.24, 2.45) is 0 Å². The van der Waals surface area contributed by atoms with Gasteiger partial charge in [0.15, 0.2) is 17.5 Å². The summed E-state index contributed by atoms with van der Waals surface area (Å²) >= 11 is 0. The van der Waals surface area contributed by atoms with Gasteiger partial charge in [-0.25, -0.2) is 15.0 Å². The Labute approximate surface area is 306 Å². The van der Waals surface area contributed by atoms with Gasteiger partial charge in [0.05, 0.1) is 0 Å². The molecule has 0 aliphatic heterocycles. The molecule has 0 aliphatic carbocycles. The quantitative estimate of drug-likeness (QED) is 0.176. The third kappa shape index (κ3) is 5.73. The van der Waals surface area contributed by atoms with Crippen LogP contribution in [0.1, 0.15) is 0 Å². The van der Waals surface area contributed by atoms with E-state index in [0.29, 0.717) is 17.5 Å². The second-order valence-electron chi connectivity index (χ2n) is 13.3. The highest BCUT2D eigenvalue weighted by atomic mass is 16.3. The number of hydrogen-bond donors (Lipinski definition) is 0. The number of aromatic nitrogens is 3. The standard InChI is InChI=1S/C49H31N3O/c1-3-10-32(11-4-1)35-18-23-37(24-19-35)42-16-9-17-44-43-29-28-41(31-45(43)53-46(42)44)49-51-47(38-25-20-36(21-26-38)33-12-5-2-6-13-33)50-48(52-49)40-27-22-34-14-7-8-15-39(34)30-40/h1-31H. The zero-order valence-corrected chi connectivity index (χ0v) is 28.6. The van der Waals surface area contributed by atoms with Gasteiger partial charge in [-0.05, 0) is 56.8 Å². The van der Waals surface area contributed by atoms with E-state index in [9.17, 15) is 0 Å². The maximum absolute atomic E-state index is 6.68. The van der Waals surface area contributed by atoms with E-state index in [1.165, 1.54) is 22.1 Å². The highest BCUT2D eigenvalue weighted by Crippen LogP contribution is 2.38. The molecule has 248 valence electrons. The molecule has 0 radical (unpaired) electrons. The van der Waals surface area contributed by atoms with Gasteiger partial charge in [-0.15, -0.1) is 0 Å². The van der Waals surface area contributed by atoms with Crippen molar-refractivity contribution in [2.45, 2.75) is 0 Å². The molecule has 53 heavy (non-hydrogen) atoms. The summed E-state index contributed by atoms with van der Waals surface area (Å²) in [6.07, 6.45) is 0. The molecule has 2 heterocycles. The van der Waals surface area contributed by atoms with Crippen LogP contribution in [-0.2, 0) is 0 Å². The Bertz CT molecular complexity index is 2910. The lowest BCUT2D eigenvalue weighted by atomic mass is 9.99. The van der Waals surface area contributed by atoms with Gasteiger partial charge in [-0.3, -0.25) is 0 Å². The van der Waals surface area contributed by atoms with Crippen molar-refractivity contribution < 1.29 is 4.42 Å². The summed E-state index contributed by atoms with van der Waals surface area (Å²) in [7, 11) is 0. The lowest BCUT2D eigenvalue weighted by molar-refractivity contribution is 0.670. The molecule has 0 fully saturated rings. The van der Waals surface area contributed by atoms with Gasteiger partial charge in [0.1, 0.15) is 11.2 Å². The van der Waals surface area contributed by atoms with Gasteiger partial charge in [0.2, 0.25) is 0 Å². The molecule has 10 rings (SSSR count). The summed E-state index contributed by atoms with van der Waals surface area (Å²) in [5.74, 6) is 1.82. The van der Waals surface area contributed by atoms with E-state index in [2.05, 4.69) is 176 Å². The van der Waals surface area contributed by atoms with Crippen LogP contribution in [0.15, 0.2) is 192 Å². The van der Waals surface area contributed by atoms with Crippen molar-refractivity contribution in [3.8, 4) is 67.5 Å². The van der Waals surface area contributed by atoms with Crippen LogP contribution >= 0.6 is 0 Å². The second-order valence-corrected chi connectivity index (χ2v) is 13.3. The van der Waals surface area contributed by atoms with Gasteiger partial charge in [0.25, 0.3) is 0 Å². The Morgan fingerprint density at radius 1 is 0.302 bits per heavy atom. The van der Waals surface area contributed by atoms with E-state index in [1.54, 1.807) is 0 Å². The summed E-state index contributed by atoms with van der Waals surface area (Å²) in [4.78, 5) is 15.2. The molecule has 0 atom stereocenters. The van der Waals surface area contributed by atoms with Crippen LogP contribution in [0.3, 0.4) is 0 Å². The summed E-state index contributed by atoms with van der Waals surface area (Å²) < 4.78 is 6.68. The number of hydrogen-bond acceptors (Lipinski definition) is 4. The lowest BCUT2D eigenvalue weighted by Crippen LogP contribution is -2.00. The fourth-order valence-corrected chi connectivity index (χ4v) is 7.17. The average Bonchev–Trinajstić information content (AvgIpc) is 3.62. The maximum atomic E-state index is 6.68. The first-order valence-electron chi connectivity index (χ1n) is 17.8. The van der Waals surface area contributed by atoms with Crippen LogP contribution in [-0.4, -0.2) is 15.0 Å². The zero-order chi connectivity index (χ0) is 35.1. The SMILES string of the molecule is c1ccc(-c2ccc(-c3nc(-c4ccc5ccccc5c4)nc(-c4ccc5c(c4)oc4c(-c6ccc(-c7ccccc7)cc6)cccc45)n3)cc2)cc1. The van der Waals surface area contributed by atoms with Gasteiger partial charge in [0, 0.05) is 33.0 Å². The predicted molar refractivity (Wildman–Crippen MR) is 217 cm³/mol. The first-order valence-corrected chi connectivity index (χ1v) is 17.8. The van der Waals surface area contributed by atoms with E-state index in [1.807, 2.05) is 12.1 Å². The minimum atomic E-state index is 0.587. The topological polar surface area (TPSA) is 51.8 Å². The first kappa shape index (κ1) is 30.6. The van der Waals surface area contributed by atoms with Gasteiger partial charge < -0.3 is 4.42 Å². The zero-order valence-electron chi connectivity index (χ0n) is 28.6. The van der Waals surface area contributed by atoms with E-state index in [4.69, 9.17) is 19.4 Å². The molecule has 0 bridgehead atoms. The predicted octanol–water partition coefficient (Wildman–Crippen LogP) is 12.9. The Balaban J connectivity index is 1.07. The van der Waals surface area contributed by atoms with Gasteiger partial charge >= 0.3 is 0 Å². The van der Waals surface area contributed by atoms with Crippen molar-refractivity contribution in [2.75, 3.05) is 0 Å². The van der Waals surface area contributed by atoms with Crippen LogP contribution in [0.4, 0.5) is 0 Å². The molecule has 4 heteroatoms. The molecule has 0 saturated carbocycles. The van der Waals surface area contributed by atoms with E-state index in [0.717, 1.165) is 60.7 Å². The van der Waals surface area contributed by atoms with Crippen LogP contribution in [0.5, 0.6) is 0 Å². The molecule has 0 N–H and O–H groups in total. The number of rotatable bonds is 6. The molecule has 0 amide bonds. The monoisotopic (exact) mass is 677 g/mol. The Kier molecular flexibility index (Phi) is 7.43. The third-order valence-electron chi connectivity index (χ3n) is 9.95. The normalized spacial score (nSPS) is 11.4. The smallest absolute Gasteiger partial charge is 0.164 e. The summed E-state index contributed by atoms with van der Waals surface area (Å²) in [5, 5.41) is 4.42. The van der Waals surface area contributed by atoms with E-state index < -0.39 is 0 Å². The van der Waals surface area contributed by atoms with Crippen molar-refractivity contribution in [3.05, 3.63) is 188 Å².